The molecule has 4 rings (SSSR count). The summed E-state index contributed by atoms with van der Waals surface area (Å²) < 4.78 is 66.1. The Morgan fingerprint density at radius 1 is 0.892 bits per heavy atom. The van der Waals surface area contributed by atoms with E-state index in [1.165, 1.54) is 13.3 Å². The van der Waals surface area contributed by atoms with Gasteiger partial charge in [-0.1, -0.05) is 24.3 Å². The van der Waals surface area contributed by atoms with Crippen molar-refractivity contribution in [2.45, 2.75) is 12.5 Å². The normalized spacial score (nSPS) is 11.7. The van der Waals surface area contributed by atoms with Gasteiger partial charge in [-0.15, -0.1) is 0 Å². The van der Waals surface area contributed by atoms with Crippen LogP contribution in [0.3, 0.4) is 0 Å². The zero-order chi connectivity index (χ0) is 26.7. The molecule has 1 N–H and O–H groups in total. The van der Waals surface area contributed by atoms with Gasteiger partial charge in [0.15, 0.2) is 11.6 Å². The van der Waals surface area contributed by atoms with Crippen molar-refractivity contribution >= 4 is 22.8 Å². The van der Waals surface area contributed by atoms with Crippen molar-refractivity contribution in [2.24, 2.45) is 0 Å². The fourth-order valence-corrected chi connectivity index (χ4v) is 4.04. The molecule has 3 aromatic carbocycles. The second-order valence-corrected chi connectivity index (χ2v) is 7.99. The molecule has 1 atom stereocenters. The van der Waals surface area contributed by atoms with E-state index in [4.69, 9.17) is 9.47 Å². The van der Waals surface area contributed by atoms with Gasteiger partial charge in [0.25, 0.3) is 5.91 Å². The average molecular weight is 512 g/mol. The second kappa shape index (κ2) is 10.7. The number of nitrogens with zero attached hydrogens (tertiary/aromatic N) is 1. The zero-order valence-electron chi connectivity index (χ0n) is 19.7. The first-order chi connectivity index (χ1) is 17.7. The van der Waals surface area contributed by atoms with Gasteiger partial charge < -0.3 is 14.8 Å². The van der Waals surface area contributed by atoms with Gasteiger partial charge in [-0.25, -0.2) is 22.4 Å². The van der Waals surface area contributed by atoms with Gasteiger partial charge in [0.05, 0.1) is 19.7 Å². The SMILES string of the molecule is COC(=O)[C@H](Cc1ccc(-c2cc(F)c(F)cc2OC)c2cccnc12)NC(=O)c1c(F)cccc1F. The van der Waals surface area contributed by atoms with E-state index in [0.717, 1.165) is 37.4 Å². The number of amides is 1. The predicted molar refractivity (Wildman–Crippen MR) is 127 cm³/mol. The van der Waals surface area contributed by atoms with Gasteiger partial charge in [0.1, 0.15) is 29.0 Å². The van der Waals surface area contributed by atoms with E-state index in [1.54, 1.807) is 24.3 Å². The molecular weight excluding hydrogens is 492 g/mol. The monoisotopic (exact) mass is 512 g/mol. The largest absolute Gasteiger partial charge is 0.496 e. The van der Waals surface area contributed by atoms with Gasteiger partial charge in [-0.3, -0.25) is 9.78 Å². The third kappa shape index (κ3) is 5.09. The van der Waals surface area contributed by atoms with Crippen LogP contribution in [0.2, 0.25) is 0 Å². The van der Waals surface area contributed by atoms with Crippen LogP contribution in [0.15, 0.2) is 60.8 Å². The van der Waals surface area contributed by atoms with E-state index in [-0.39, 0.29) is 17.7 Å². The molecule has 0 saturated heterocycles. The minimum Gasteiger partial charge on any atom is -0.496 e. The number of carbonyl (C=O) groups excluding carboxylic acids is 2. The van der Waals surface area contributed by atoms with Crippen molar-refractivity contribution in [1.29, 1.82) is 0 Å². The fraction of sp³-hybridized carbons (Fsp3) is 0.148. The Bertz CT molecular complexity index is 1490. The highest BCUT2D eigenvalue weighted by molar-refractivity contribution is 5.99. The van der Waals surface area contributed by atoms with Crippen LogP contribution < -0.4 is 10.1 Å². The molecule has 0 bridgehead atoms. The van der Waals surface area contributed by atoms with Crippen LogP contribution in [0, 0.1) is 23.3 Å². The van der Waals surface area contributed by atoms with Crippen LogP contribution in [-0.2, 0) is 16.0 Å². The molecule has 1 heterocycles. The third-order valence-corrected chi connectivity index (χ3v) is 5.79. The van der Waals surface area contributed by atoms with Gasteiger partial charge in [-0.2, -0.15) is 0 Å². The number of ether oxygens (including phenoxy) is 2. The van der Waals surface area contributed by atoms with Gasteiger partial charge in [0.2, 0.25) is 0 Å². The zero-order valence-corrected chi connectivity index (χ0v) is 19.7. The van der Waals surface area contributed by atoms with Crippen molar-refractivity contribution in [3.63, 3.8) is 0 Å². The molecule has 4 aromatic rings. The molecule has 1 amide bonds. The van der Waals surface area contributed by atoms with Crippen molar-refractivity contribution in [3.8, 4) is 16.9 Å². The molecule has 0 aliphatic heterocycles. The number of methoxy groups -OCH3 is 2. The summed E-state index contributed by atoms with van der Waals surface area (Å²) in [6.07, 6.45) is 1.36. The maximum absolute atomic E-state index is 14.1. The van der Waals surface area contributed by atoms with E-state index in [9.17, 15) is 27.2 Å². The quantitative estimate of drug-likeness (QED) is 0.279. The maximum Gasteiger partial charge on any atom is 0.328 e. The lowest BCUT2D eigenvalue weighted by Crippen LogP contribution is -2.43. The fourth-order valence-electron chi connectivity index (χ4n) is 4.04. The highest BCUT2D eigenvalue weighted by atomic mass is 19.2. The van der Waals surface area contributed by atoms with Crippen LogP contribution in [-0.4, -0.2) is 37.1 Å². The molecule has 1 aromatic heterocycles. The Morgan fingerprint density at radius 3 is 2.27 bits per heavy atom. The Morgan fingerprint density at radius 2 is 1.59 bits per heavy atom. The lowest BCUT2D eigenvalue weighted by Gasteiger charge is -2.19. The standard InChI is InChI=1S/C27H20F4N2O4/c1-36-23-13-21(31)20(30)12-17(23)15-9-8-14(25-16(15)5-4-10-32-25)11-22(27(35)37-2)33-26(34)24-18(28)6-3-7-19(24)29/h3-10,12-13,22H,11H2,1-2H3,(H,33,34)/t22-/m0/s1. The minimum atomic E-state index is -1.31. The number of nitrogens with one attached hydrogen (secondary N) is 1. The van der Waals surface area contributed by atoms with Crippen LogP contribution >= 0.6 is 0 Å². The number of hydrogen-bond acceptors (Lipinski definition) is 5. The Labute approximate surface area is 208 Å². The molecular formula is C27H20F4N2O4. The molecule has 37 heavy (non-hydrogen) atoms. The van der Waals surface area contributed by atoms with Crippen molar-refractivity contribution in [3.05, 3.63) is 95.2 Å². The number of carbonyl (C=O) groups is 2. The smallest absolute Gasteiger partial charge is 0.328 e. The van der Waals surface area contributed by atoms with E-state index in [2.05, 4.69) is 10.3 Å². The number of hydrogen-bond donors (Lipinski definition) is 1. The van der Waals surface area contributed by atoms with Crippen LogP contribution in [0.4, 0.5) is 17.6 Å². The number of benzene rings is 3. The molecule has 0 unspecified atom stereocenters. The number of halogens is 4. The van der Waals surface area contributed by atoms with Gasteiger partial charge in [-0.05, 0) is 35.4 Å². The summed E-state index contributed by atoms with van der Waals surface area (Å²) in [7, 11) is 2.44. The highest BCUT2D eigenvalue weighted by Gasteiger charge is 2.27. The van der Waals surface area contributed by atoms with Gasteiger partial charge >= 0.3 is 5.97 Å². The van der Waals surface area contributed by atoms with Crippen molar-refractivity contribution in [1.82, 2.24) is 10.3 Å². The van der Waals surface area contributed by atoms with Gasteiger partial charge in [0, 0.05) is 29.6 Å². The second-order valence-electron chi connectivity index (χ2n) is 7.99. The summed E-state index contributed by atoms with van der Waals surface area (Å²) in [6, 6.07) is 10.1. The number of rotatable bonds is 7. The van der Waals surface area contributed by atoms with Crippen LogP contribution in [0.1, 0.15) is 15.9 Å². The lowest BCUT2D eigenvalue weighted by atomic mass is 9.94. The van der Waals surface area contributed by atoms with Crippen molar-refractivity contribution < 1.29 is 36.6 Å². The summed E-state index contributed by atoms with van der Waals surface area (Å²) in [5, 5.41) is 2.85. The minimum absolute atomic E-state index is 0.100. The summed E-state index contributed by atoms with van der Waals surface area (Å²) in [4.78, 5) is 29.5. The molecule has 10 heteroatoms. The molecule has 6 nitrogen and oxygen atoms in total. The molecule has 0 spiro atoms. The Hall–Kier alpha value is -4.47. The number of fused-ring (bicyclic) bond motifs is 1. The summed E-state index contributed by atoms with van der Waals surface area (Å²) >= 11 is 0. The molecule has 0 saturated carbocycles. The van der Waals surface area contributed by atoms with E-state index >= 15 is 0 Å². The lowest BCUT2D eigenvalue weighted by molar-refractivity contribution is -0.142. The first kappa shape index (κ1) is 25.6. The summed E-state index contributed by atoms with van der Waals surface area (Å²) in [5.41, 5.74) is 0.797. The number of esters is 1. The first-order valence-corrected chi connectivity index (χ1v) is 11.0. The van der Waals surface area contributed by atoms with E-state index in [0.29, 0.717) is 22.0 Å². The van der Waals surface area contributed by atoms with Crippen LogP contribution in [0.25, 0.3) is 22.0 Å². The van der Waals surface area contributed by atoms with Crippen LogP contribution in [0.5, 0.6) is 5.75 Å². The molecule has 0 radical (unpaired) electrons. The highest BCUT2D eigenvalue weighted by Crippen LogP contribution is 2.37. The topological polar surface area (TPSA) is 77.5 Å². The first-order valence-electron chi connectivity index (χ1n) is 11.0. The van der Waals surface area contributed by atoms with E-state index in [1.807, 2.05) is 0 Å². The molecule has 190 valence electrons. The van der Waals surface area contributed by atoms with Crippen molar-refractivity contribution in [2.75, 3.05) is 14.2 Å². The average Bonchev–Trinajstić information content (AvgIpc) is 2.89. The summed E-state index contributed by atoms with van der Waals surface area (Å²) in [6.45, 7) is 0. The van der Waals surface area contributed by atoms with E-state index < -0.39 is 46.8 Å². The molecule has 0 fully saturated rings. The summed E-state index contributed by atoms with van der Waals surface area (Å²) in [5.74, 6) is -6.18. The third-order valence-electron chi connectivity index (χ3n) is 5.79. The number of pyridine rings is 1. The maximum atomic E-state index is 14.1. The Kier molecular flexibility index (Phi) is 7.37. The predicted octanol–water partition coefficient (Wildman–Crippen LogP) is 4.98. The molecule has 0 aliphatic carbocycles. The number of aromatic nitrogens is 1. The Balaban J connectivity index is 1.75. The molecule has 0 aliphatic rings.